The molecule has 0 aliphatic rings. The average molecular weight is 159 g/mol. The SMILES string of the molecule is C=CSc1nc(N)ns1. The molecule has 5 heteroatoms. The van der Waals surface area contributed by atoms with Gasteiger partial charge in [-0.2, -0.15) is 9.36 Å². The van der Waals surface area contributed by atoms with Crippen LogP contribution in [0.25, 0.3) is 0 Å². The first kappa shape index (κ1) is 6.57. The maximum Gasteiger partial charge on any atom is 0.233 e. The van der Waals surface area contributed by atoms with Gasteiger partial charge >= 0.3 is 0 Å². The third-order valence-corrected chi connectivity index (χ3v) is 2.10. The molecule has 0 bridgehead atoms. The van der Waals surface area contributed by atoms with Crippen molar-refractivity contribution in [1.82, 2.24) is 9.36 Å². The van der Waals surface area contributed by atoms with E-state index in [1.54, 1.807) is 5.41 Å². The van der Waals surface area contributed by atoms with Crippen LogP contribution in [0, 0.1) is 0 Å². The monoisotopic (exact) mass is 159 g/mol. The predicted molar refractivity (Wildman–Crippen MR) is 40.4 cm³/mol. The van der Waals surface area contributed by atoms with E-state index in [-0.39, 0.29) is 0 Å². The molecule has 3 nitrogen and oxygen atoms in total. The van der Waals surface area contributed by atoms with Crippen molar-refractivity contribution in [2.75, 3.05) is 5.73 Å². The van der Waals surface area contributed by atoms with Crippen molar-refractivity contribution in [3.05, 3.63) is 12.0 Å². The van der Waals surface area contributed by atoms with Crippen LogP contribution in [0.1, 0.15) is 0 Å². The predicted octanol–water partition coefficient (Wildman–Crippen LogP) is 1.36. The quantitative estimate of drug-likeness (QED) is 0.662. The number of thioether (sulfide) groups is 1. The van der Waals surface area contributed by atoms with E-state index < -0.39 is 0 Å². The Kier molecular flexibility index (Phi) is 2.07. The molecule has 0 amide bonds. The molecule has 0 saturated carbocycles. The molecular formula is C4H5N3S2. The van der Waals surface area contributed by atoms with Crippen LogP contribution in [-0.4, -0.2) is 9.36 Å². The van der Waals surface area contributed by atoms with E-state index in [1.807, 2.05) is 0 Å². The fraction of sp³-hybridized carbons (Fsp3) is 0. The summed E-state index contributed by atoms with van der Waals surface area (Å²) in [7, 11) is 0. The Morgan fingerprint density at radius 1 is 1.78 bits per heavy atom. The first-order valence-electron chi connectivity index (χ1n) is 2.19. The van der Waals surface area contributed by atoms with Gasteiger partial charge in [0.15, 0.2) is 4.34 Å². The van der Waals surface area contributed by atoms with Crippen molar-refractivity contribution in [3.63, 3.8) is 0 Å². The molecule has 0 saturated heterocycles. The van der Waals surface area contributed by atoms with Crippen LogP contribution >= 0.6 is 23.3 Å². The number of nitrogens with two attached hydrogens (primary N) is 1. The Hall–Kier alpha value is -0.550. The third kappa shape index (κ3) is 1.69. The summed E-state index contributed by atoms with van der Waals surface area (Å²) in [6.45, 7) is 3.53. The van der Waals surface area contributed by atoms with Crippen molar-refractivity contribution < 1.29 is 0 Å². The summed E-state index contributed by atoms with van der Waals surface area (Å²) < 4.78 is 4.61. The van der Waals surface area contributed by atoms with Crippen molar-refractivity contribution in [2.45, 2.75) is 4.34 Å². The highest BCUT2D eigenvalue weighted by molar-refractivity contribution is 8.03. The Balaban J connectivity index is 2.72. The Labute approximate surface area is 61.2 Å². The molecule has 0 aliphatic heterocycles. The van der Waals surface area contributed by atoms with Crippen LogP contribution in [-0.2, 0) is 0 Å². The molecule has 0 aromatic carbocycles. The highest BCUT2D eigenvalue weighted by Crippen LogP contribution is 2.20. The zero-order valence-corrected chi connectivity index (χ0v) is 6.21. The van der Waals surface area contributed by atoms with Crippen LogP contribution in [0.4, 0.5) is 5.95 Å². The number of nitrogens with zero attached hydrogens (tertiary/aromatic N) is 2. The molecular weight excluding hydrogens is 154 g/mol. The summed E-state index contributed by atoms with van der Waals surface area (Å²) in [5.74, 6) is 0.337. The topological polar surface area (TPSA) is 51.8 Å². The summed E-state index contributed by atoms with van der Waals surface area (Å²) >= 11 is 2.70. The van der Waals surface area contributed by atoms with Crippen LogP contribution in [0.3, 0.4) is 0 Å². The second-order valence-corrected chi connectivity index (χ2v) is 3.17. The van der Waals surface area contributed by atoms with Gasteiger partial charge < -0.3 is 5.73 Å². The van der Waals surface area contributed by atoms with E-state index >= 15 is 0 Å². The lowest BCUT2D eigenvalue weighted by Crippen LogP contribution is -1.84. The second kappa shape index (κ2) is 2.84. The summed E-state index contributed by atoms with van der Waals surface area (Å²) in [6, 6.07) is 0. The molecule has 9 heavy (non-hydrogen) atoms. The Bertz CT molecular complexity index is 207. The molecule has 1 rings (SSSR count). The molecule has 2 N–H and O–H groups in total. The van der Waals surface area contributed by atoms with E-state index in [0.717, 1.165) is 4.34 Å². The number of hydrogen-bond acceptors (Lipinski definition) is 5. The van der Waals surface area contributed by atoms with Crippen molar-refractivity contribution in [1.29, 1.82) is 0 Å². The van der Waals surface area contributed by atoms with E-state index in [9.17, 15) is 0 Å². The number of nitrogen functional groups attached to an aromatic ring is 1. The molecule has 0 radical (unpaired) electrons. The first-order valence-corrected chi connectivity index (χ1v) is 3.85. The highest BCUT2D eigenvalue weighted by Gasteiger charge is 1.96. The second-order valence-electron chi connectivity index (χ2n) is 1.20. The first-order chi connectivity index (χ1) is 4.33. The lowest BCUT2D eigenvalue weighted by atomic mass is 11.1. The van der Waals surface area contributed by atoms with E-state index in [4.69, 9.17) is 5.73 Å². The minimum Gasteiger partial charge on any atom is -0.367 e. The number of hydrogen-bond donors (Lipinski definition) is 1. The Morgan fingerprint density at radius 3 is 3.00 bits per heavy atom. The van der Waals surface area contributed by atoms with Gasteiger partial charge in [0.05, 0.1) is 0 Å². The smallest absolute Gasteiger partial charge is 0.233 e. The Morgan fingerprint density at radius 2 is 2.56 bits per heavy atom. The zero-order chi connectivity index (χ0) is 6.69. The molecule has 0 aliphatic carbocycles. The van der Waals surface area contributed by atoms with Crippen molar-refractivity contribution in [3.8, 4) is 0 Å². The van der Waals surface area contributed by atoms with Gasteiger partial charge in [0.2, 0.25) is 5.95 Å². The van der Waals surface area contributed by atoms with Crippen molar-refractivity contribution >= 4 is 29.2 Å². The van der Waals surface area contributed by atoms with E-state index in [0.29, 0.717) is 5.95 Å². The molecule has 1 aromatic rings. The minimum absolute atomic E-state index is 0.337. The maximum absolute atomic E-state index is 5.25. The fourth-order valence-electron chi connectivity index (χ4n) is 0.339. The van der Waals surface area contributed by atoms with Gasteiger partial charge in [-0.15, -0.1) is 0 Å². The van der Waals surface area contributed by atoms with Crippen LogP contribution in [0.2, 0.25) is 0 Å². The van der Waals surface area contributed by atoms with Gasteiger partial charge in [0, 0.05) is 0 Å². The number of rotatable bonds is 2. The largest absolute Gasteiger partial charge is 0.367 e. The minimum atomic E-state index is 0.337. The van der Waals surface area contributed by atoms with Crippen LogP contribution in [0.5, 0.6) is 0 Å². The fourth-order valence-corrected chi connectivity index (χ4v) is 1.46. The van der Waals surface area contributed by atoms with Gasteiger partial charge in [0.25, 0.3) is 0 Å². The van der Waals surface area contributed by atoms with Crippen molar-refractivity contribution in [2.24, 2.45) is 0 Å². The lowest BCUT2D eigenvalue weighted by molar-refractivity contribution is 1.23. The molecule has 1 heterocycles. The van der Waals surface area contributed by atoms with Gasteiger partial charge in [0.1, 0.15) is 0 Å². The van der Waals surface area contributed by atoms with Crippen LogP contribution < -0.4 is 5.73 Å². The van der Waals surface area contributed by atoms with Gasteiger partial charge in [-0.1, -0.05) is 18.3 Å². The summed E-state index contributed by atoms with van der Waals surface area (Å²) in [6.07, 6.45) is 0. The van der Waals surface area contributed by atoms with E-state index in [1.165, 1.54) is 23.3 Å². The van der Waals surface area contributed by atoms with Gasteiger partial charge in [-0.05, 0) is 16.9 Å². The van der Waals surface area contributed by atoms with Gasteiger partial charge in [-0.3, -0.25) is 0 Å². The molecule has 0 unspecified atom stereocenters. The maximum atomic E-state index is 5.25. The number of anilines is 1. The summed E-state index contributed by atoms with van der Waals surface area (Å²) in [4.78, 5) is 3.88. The standard InChI is InChI=1S/C4H5N3S2/c1-2-8-4-6-3(5)7-9-4/h2H,1H2,(H2,5,7). The molecule has 0 atom stereocenters. The summed E-state index contributed by atoms with van der Waals surface area (Å²) in [5.41, 5.74) is 5.25. The zero-order valence-electron chi connectivity index (χ0n) is 4.57. The highest BCUT2D eigenvalue weighted by atomic mass is 32.2. The summed E-state index contributed by atoms with van der Waals surface area (Å²) in [5, 5.41) is 1.69. The van der Waals surface area contributed by atoms with E-state index in [2.05, 4.69) is 15.9 Å². The average Bonchev–Trinajstić information content (AvgIpc) is 2.17. The molecule has 48 valence electrons. The van der Waals surface area contributed by atoms with Crippen LogP contribution in [0.15, 0.2) is 16.3 Å². The molecule has 1 aromatic heterocycles. The third-order valence-electron chi connectivity index (χ3n) is 0.607. The lowest BCUT2D eigenvalue weighted by Gasteiger charge is -1.78. The molecule has 0 spiro atoms. The normalized spacial score (nSPS) is 9.33. The number of aromatic nitrogens is 2. The molecule has 0 fully saturated rings. The van der Waals surface area contributed by atoms with Gasteiger partial charge in [-0.25, -0.2) is 0 Å².